The molecule has 0 spiro atoms. The zero-order valence-corrected chi connectivity index (χ0v) is 9.03. The van der Waals surface area contributed by atoms with Crippen LogP contribution in [0.5, 0.6) is 0 Å². The van der Waals surface area contributed by atoms with Gasteiger partial charge in [0.1, 0.15) is 0 Å². The third kappa shape index (κ3) is 3.75. The summed E-state index contributed by atoms with van der Waals surface area (Å²) in [5.41, 5.74) is 6.50. The van der Waals surface area contributed by atoms with E-state index in [9.17, 15) is 4.79 Å². The maximum Gasteiger partial charge on any atom is 0.224 e. The summed E-state index contributed by atoms with van der Waals surface area (Å²) in [7, 11) is 0. The summed E-state index contributed by atoms with van der Waals surface area (Å²) in [4.78, 5) is 11.6. The molecule has 1 atom stereocenters. The summed E-state index contributed by atoms with van der Waals surface area (Å²) in [5.74, 6) is -0.0394. The SMILES string of the molecule is CCCC(CN)C(=O)NCc1ccoc1. The molecule has 1 aromatic rings. The molecule has 1 heterocycles. The number of hydrogen-bond acceptors (Lipinski definition) is 3. The van der Waals surface area contributed by atoms with Crippen LogP contribution in [0, 0.1) is 5.92 Å². The van der Waals surface area contributed by atoms with Crippen molar-refractivity contribution in [3.8, 4) is 0 Å². The standard InChI is InChI=1S/C11H18N2O2/c1-2-3-10(6-12)11(14)13-7-9-4-5-15-8-9/h4-5,8,10H,2-3,6-7,12H2,1H3,(H,13,14). The Morgan fingerprint density at radius 2 is 2.47 bits per heavy atom. The molecular formula is C11H18N2O2. The van der Waals surface area contributed by atoms with Gasteiger partial charge in [-0.05, 0) is 12.5 Å². The summed E-state index contributed by atoms with van der Waals surface area (Å²) in [5, 5.41) is 2.84. The van der Waals surface area contributed by atoms with Crippen molar-refractivity contribution in [2.75, 3.05) is 6.54 Å². The molecule has 84 valence electrons. The van der Waals surface area contributed by atoms with Gasteiger partial charge in [0.25, 0.3) is 0 Å². The van der Waals surface area contributed by atoms with Crippen molar-refractivity contribution in [2.24, 2.45) is 11.7 Å². The van der Waals surface area contributed by atoms with E-state index in [0.717, 1.165) is 18.4 Å². The molecule has 15 heavy (non-hydrogen) atoms. The monoisotopic (exact) mass is 210 g/mol. The molecule has 1 rings (SSSR count). The van der Waals surface area contributed by atoms with Crippen molar-refractivity contribution in [3.05, 3.63) is 24.2 Å². The smallest absolute Gasteiger partial charge is 0.224 e. The average molecular weight is 210 g/mol. The highest BCUT2D eigenvalue weighted by Gasteiger charge is 2.14. The first-order chi connectivity index (χ1) is 7.27. The van der Waals surface area contributed by atoms with Gasteiger partial charge in [-0.15, -0.1) is 0 Å². The first kappa shape index (κ1) is 11.8. The summed E-state index contributed by atoms with van der Waals surface area (Å²) >= 11 is 0. The Hall–Kier alpha value is -1.29. The van der Waals surface area contributed by atoms with E-state index in [-0.39, 0.29) is 11.8 Å². The molecule has 4 heteroatoms. The zero-order valence-electron chi connectivity index (χ0n) is 9.03. The van der Waals surface area contributed by atoms with E-state index in [2.05, 4.69) is 5.32 Å². The van der Waals surface area contributed by atoms with E-state index in [1.165, 1.54) is 0 Å². The molecule has 0 aliphatic carbocycles. The minimum Gasteiger partial charge on any atom is -0.472 e. The quantitative estimate of drug-likeness (QED) is 0.743. The molecule has 0 aromatic carbocycles. The lowest BCUT2D eigenvalue weighted by molar-refractivity contribution is -0.125. The maximum absolute atomic E-state index is 11.6. The Morgan fingerprint density at radius 3 is 3.00 bits per heavy atom. The third-order valence-electron chi connectivity index (χ3n) is 2.34. The van der Waals surface area contributed by atoms with Crippen LogP contribution in [0.25, 0.3) is 0 Å². The van der Waals surface area contributed by atoms with Gasteiger partial charge in [0.2, 0.25) is 5.91 Å². The molecule has 0 bridgehead atoms. The lowest BCUT2D eigenvalue weighted by Gasteiger charge is -2.13. The number of furan rings is 1. The van der Waals surface area contributed by atoms with Crippen LogP contribution in [0.3, 0.4) is 0 Å². The number of nitrogens with one attached hydrogen (secondary N) is 1. The average Bonchev–Trinajstić information content (AvgIpc) is 2.75. The molecule has 0 fully saturated rings. The van der Waals surface area contributed by atoms with Crippen molar-refractivity contribution in [2.45, 2.75) is 26.3 Å². The van der Waals surface area contributed by atoms with Gasteiger partial charge in [0.15, 0.2) is 0 Å². The molecule has 4 nitrogen and oxygen atoms in total. The topological polar surface area (TPSA) is 68.3 Å². The van der Waals surface area contributed by atoms with E-state index in [1.807, 2.05) is 13.0 Å². The van der Waals surface area contributed by atoms with Gasteiger partial charge >= 0.3 is 0 Å². The van der Waals surface area contributed by atoms with Gasteiger partial charge in [0, 0.05) is 18.7 Å². The zero-order chi connectivity index (χ0) is 11.1. The number of carbonyl (C=O) groups excluding carboxylic acids is 1. The molecule has 0 saturated heterocycles. The molecule has 1 unspecified atom stereocenters. The Balaban J connectivity index is 2.34. The molecule has 1 amide bonds. The molecule has 1 aromatic heterocycles. The number of rotatable bonds is 6. The molecule has 0 saturated carbocycles. The van der Waals surface area contributed by atoms with Gasteiger partial charge in [-0.25, -0.2) is 0 Å². The first-order valence-corrected chi connectivity index (χ1v) is 5.26. The van der Waals surface area contributed by atoms with Gasteiger partial charge in [0.05, 0.1) is 18.4 Å². The normalized spacial score (nSPS) is 12.4. The molecule has 0 aliphatic rings. The number of carbonyl (C=O) groups is 1. The van der Waals surface area contributed by atoms with Crippen molar-refractivity contribution in [3.63, 3.8) is 0 Å². The van der Waals surface area contributed by atoms with Crippen LogP contribution in [0.4, 0.5) is 0 Å². The van der Waals surface area contributed by atoms with Crippen LogP contribution in [0.1, 0.15) is 25.3 Å². The number of amides is 1. The fourth-order valence-corrected chi connectivity index (χ4v) is 1.43. The van der Waals surface area contributed by atoms with E-state index in [4.69, 9.17) is 10.2 Å². The Morgan fingerprint density at radius 1 is 1.67 bits per heavy atom. The van der Waals surface area contributed by atoms with Crippen LogP contribution < -0.4 is 11.1 Å². The van der Waals surface area contributed by atoms with Crippen molar-refractivity contribution in [1.82, 2.24) is 5.32 Å². The van der Waals surface area contributed by atoms with Crippen molar-refractivity contribution in [1.29, 1.82) is 0 Å². The van der Waals surface area contributed by atoms with Gasteiger partial charge in [-0.2, -0.15) is 0 Å². The fourth-order valence-electron chi connectivity index (χ4n) is 1.43. The lowest BCUT2D eigenvalue weighted by atomic mass is 10.0. The Bertz CT molecular complexity index is 283. The number of nitrogens with two attached hydrogens (primary N) is 1. The minimum atomic E-state index is -0.0677. The van der Waals surface area contributed by atoms with Crippen LogP contribution in [0.15, 0.2) is 23.0 Å². The Kier molecular flexibility index (Phi) is 4.90. The van der Waals surface area contributed by atoms with Crippen LogP contribution in [-0.4, -0.2) is 12.5 Å². The van der Waals surface area contributed by atoms with Gasteiger partial charge < -0.3 is 15.5 Å². The van der Waals surface area contributed by atoms with Gasteiger partial charge in [-0.1, -0.05) is 13.3 Å². The highest BCUT2D eigenvalue weighted by atomic mass is 16.3. The highest BCUT2D eigenvalue weighted by molar-refractivity contribution is 5.78. The predicted octanol–water partition coefficient (Wildman–Crippen LogP) is 1.27. The summed E-state index contributed by atoms with van der Waals surface area (Å²) in [6.45, 7) is 2.96. The maximum atomic E-state index is 11.6. The first-order valence-electron chi connectivity index (χ1n) is 5.26. The summed E-state index contributed by atoms with van der Waals surface area (Å²) in [6, 6.07) is 1.83. The predicted molar refractivity (Wildman–Crippen MR) is 58.0 cm³/mol. The summed E-state index contributed by atoms with van der Waals surface area (Å²) in [6.07, 6.45) is 5.03. The molecular weight excluding hydrogens is 192 g/mol. The largest absolute Gasteiger partial charge is 0.472 e. The summed E-state index contributed by atoms with van der Waals surface area (Å²) < 4.78 is 4.91. The molecule has 0 aliphatic heterocycles. The van der Waals surface area contributed by atoms with E-state index in [0.29, 0.717) is 13.1 Å². The van der Waals surface area contributed by atoms with E-state index in [1.54, 1.807) is 12.5 Å². The minimum absolute atomic E-state index is 0.0283. The van der Waals surface area contributed by atoms with E-state index >= 15 is 0 Å². The van der Waals surface area contributed by atoms with Crippen LogP contribution in [0.2, 0.25) is 0 Å². The second kappa shape index (κ2) is 6.24. The third-order valence-corrected chi connectivity index (χ3v) is 2.34. The molecule has 3 N–H and O–H groups in total. The fraction of sp³-hybridized carbons (Fsp3) is 0.545. The van der Waals surface area contributed by atoms with E-state index < -0.39 is 0 Å². The molecule has 0 radical (unpaired) electrons. The highest BCUT2D eigenvalue weighted by Crippen LogP contribution is 2.05. The Labute approximate surface area is 89.8 Å². The van der Waals surface area contributed by atoms with Crippen LogP contribution >= 0.6 is 0 Å². The second-order valence-electron chi connectivity index (χ2n) is 3.57. The van der Waals surface area contributed by atoms with Gasteiger partial charge in [-0.3, -0.25) is 4.79 Å². The van der Waals surface area contributed by atoms with Crippen molar-refractivity contribution >= 4 is 5.91 Å². The second-order valence-corrected chi connectivity index (χ2v) is 3.57. The van der Waals surface area contributed by atoms with Crippen molar-refractivity contribution < 1.29 is 9.21 Å². The lowest BCUT2D eigenvalue weighted by Crippen LogP contribution is -2.34. The van der Waals surface area contributed by atoms with Crippen LogP contribution in [-0.2, 0) is 11.3 Å². The number of hydrogen-bond donors (Lipinski definition) is 2.